The average Bonchev–Trinajstić information content (AvgIpc) is 2.08. The number of carboxylic acid groups (broad SMARTS) is 1. The molecule has 4 nitrogen and oxygen atoms in total. The van der Waals surface area contributed by atoms with Crippen molar-refractivity contribution in [2.75, 3.05) is 11.5 Å². The Kier molecular flexibility index (Phi) is 6.86. The van der Waals surface area contributed by atoms with E-state index in [-0.39, 0.29) is 5.91 Å². The molecule has 0 rings (SSSR count). The fraction of sp³-hybridized carbons (Fsp3) is 0.600. The topological polar surface area (TPSA) is 66.4 Å². The Bertz CT molecular complexity index is 253. The normalized spacial score (nSPS) is 11.9. The maximum absolute atomic E-state index is 10.7. The maximum atomic E-state index is 10.7. The molecule has 0 aromatic rings. The third-order valence-corrected chi connectivity index (χ3v) is 2.80. The van der Waals surface area contributed by atoms with Crippen LogP contribution in [0.2, 0.25) is 0 Å². The van der Waals surface area contributed by atoms with Crippen molar-refractivity contribution in [3.63, 3.8) is 0 Å². The first kappa shape index (κ1) is 14.0. The van der Waals surface area contributed by atoms with Crippen LogP contribution in [0.4, 0.5) is 0 Å². The monoisotopic (exact) mass is 231 g/mol. The summed E-state index contributed by atoms with van der Waals surface area (Å²) in [5, 5.41) is 11.2. The van der Waals surface area contributed by atoms with E-state index in [2.05, 4.69) is 11.9 Å². The van der Waals surface area contributed by atoms with E-state index in [1.54, 1.807) is 11.8 Å². The Morgan fingerprint density at radius 3 is 2.47 bits per heavy atom. The minimum atomic E-state index is -0.985. The highest BCUT2D eigenvalue weighted by atomic mass is 32.2. The molecule has 1 amide bonds. The summed E-state index contributed by atoms with van der Waals surface area (Å²) in [6.45, 7) is 6.99. The van der Waals surface area contributed by atoms with Gasteiger partial charge in [-0.2, -0.15) is 11.8 Å². The third kappa shape index (κ3) is 8.05. The molecule has 0 spiro atoms. The number of rotatable bonds is 7. The number of amides is 1. The van der Waals surface area contributed by atoms with E-state index in [4.69, 9.17) is 5.11 Å². The van der Waals surface area contributed by atoms with E-state index in [1.807, 2.05) is 6.92 Å². The zero-order chi connectivity index (χ0) is 11.8. The number of carbonyl (C=O) groups is 2. The van der Waals surface area contributed by atoms with Crippen LogP contribution in [-0.4, -0.2) is 34.5 Å². The Balaban J connectivity index is 3.81. The summed E-state index contributed by atoms with van der Waals surface area (Å²) in [4.78, 5) is 21.4. The van der Waals surface area contributed by atoms with Gasteiger partial charge >= 0.3 is 5.97 Å². The Hall–Kier alpha value is -0.970. The third-order valence-electron chi connectivity index (χ3n) is 1.57. The first-order valence-electron chi connectivity index (χ1n) is 4.65. The molecule has 86 valence electrons. The molecule has 0 aliphatic heterocycles. The quantitative estimate of drug-likeness (QED) is 0.511. The number of hydrogen-bond donors (Lipinski definition) is 2. The molecule has 2 N–H and O–H groups in total. The number of nitrogens with one attached hydrogen (secondary N) is 1. The summed E-state index contributed by atoms with van der Waals surface area (Å²) in [6.07, 6.45) is 0.437. The summed E-state index contributed by atoms with van der Waals surface area (Å²) in [5.41, 5.74) is 1.06. The van der Waals surface area contributed by atoms with Crippen molar-refractivity contribution >= 4 is 23.6 Å². The molecule has 1 atom stereocenters. The van der Waals surface area contributed by atoms with Gasteiger partial charge in [0.25, 0.3) is 0 Å². The first-order chi connectivity index (χ1) is 6.93. The van der Waals surface area contributed by atoms with Gasteiger partial charge in [-0.15, -0.1) is 0 Å². The second kappa shape index (κ2) is 7.34. The van der Waals surface area contributed by atoms with E-state index >= 15 is 0 Å². The van der Waals surface area contributed by atoms with E-state index < -0.39 is 12.0 Å². The molecule has 0 aromatic carbocycles. The number of aliphatic carboxylic acids is 1. The van der Waals surface area contributed by atoms with E-state index in [1.165, 1.54) is 6.92 Å². The predicted molar refractivity (Wildman–Crippen MR) is 62.0 cm³/mol. The number of thioether (sulfide) groups is 1. The molecular weight excluding hydrogens is 214 g/mol. The molecule has 0 fully saturated rings. The van der Waals surface area contributed by atoms with Gasteiger partial charge in [-0.1, -0.05) is 12.2 Å². The summed E-state index contributed by atoms with van der Waals surface area (Å²) < 4.78 is 0. The van der Waals surface area contributed by atoms with Gasteiger partial charge in [0.15, 0.2) is 0 Å². The standard InChI is InChI=1S/C10H17NO3S/c1-7(2)6-15-5-4-9(10(13)14)11-8(3)12/h9H,1,4-6H2,2-3H3,(H,11,12)(H,13,14). The molecule has 0 radical (unpaired) electrons. The lowest BCUT2D eigenvalue weighted by molar-refractivity contribution is -0.141. The van der Waals surface area contributed by atoms with Crippen molar-refractivity contribution in [2.45, 2.75) is 26.3 Å². The number of hydrogen-bond acceptors (Lipinski definition) is 3. The number of carbonyl (C=O) groups excluding carboxylic acids is 1. The predicted octanol–water partition coefficient (Wildman–Crippen LogP) is 1.28. The molecule has 0 aliphatic carbocycles. The van der Waals surface area contributed by atoms with Crippen molar-refractivity contribution in [2.24, 2.45) is 0 Å². The first-order valence-corrected chi connectivity index (χ1v) is 5.81. The smallest absolute Gasteiger partial charge is 0.326 e. The summed E-state index contributed by atoms with van der Waals surface area (Å²) in [7, 11) is 0. The van der Waals surface area contributed by atoms with Crippen LogP contribution in [0.15, 0.2) is 12.2 Å². The number of carboxylic acids is 1. The summed E-state index contributed by atoms with van der Waals surface area (Å²) in [5.74, 6) is 0.227. The maximum Gasteiger partial charge on any atom is 0.326 e. The summed E-state index contributed by atoms with van der Waals surface area (Å²) >= 11 is 1.62. The van der Waals surface area contributed by atoms with E-state index in [9.17, 15) is 9.59 Å². The van der Waals surface area contributed by atoms with Crippen molar-refractivity contribution in [1.82, 2.24) is 5.32 Å². The van der Waals surface area contributed by atoms with Crippen LogP contribution in [0.5, 0.6) is 0 Å². The second-order valence-electron chi connectivity index (χ2n) is 3.39. The highest BCUT2D eigenvalue weighted by molar-refractivity contribution is 7.99. The minimum Gasteiger partial charge on any atom is -0.480 e. The highest BCUT2D eigenvalue weighted by Gasteiger charge is 2.17. The van der Waals surface area contributed by atoms with Gasteiger partial charge in [-0.05, 0) is 19.1 Å². The molecule has 0 saturated heterocycles. The van der Waals surface area contributed by atoms with E-state index in [0.717, 1.165) is 11.3 Å². The minimum absolute atomic E-state index is 0.313. The molecule has 0 heterocycles. The lowest BCUT2D eigenvalue weighted by atomic mass is 10.2. The molecule has 0 bridgehead atoms. The van der Waals surface area contributed by atoms with Gasteiger partial charge in [0, 0.05) is 12.7 Å². The van der Waals surface area contributed by atoms with Crippen molar-refractivity contribution in [3.05, 3.63) is 12.2 Å². The molecule has 0 aromatic heterocycles. The van der Waals surface area contributed by atoms with Gasteiger partial charge in [-0.3, -0.25) is 4.79 Å². The molecule has 0 saturated carbocycles. The molecule has 5 heteroatoms. The molecule has 15 heavy (non-hydrogen) atoms. The SMILES string of the molecule is C=C(C)CSCCC(NC(C)=O)C(=O)O. The van der Waals surface area contributed by atoms with Crippen LogP contribution in [0.25, 0.3) is 0 Å². The molecule has 0 aliphatic rings. The van der Waals surface area contributed by atoms with Crippen LogP contribution < -0.4 is 5.32 Å². The summed E-state index contributed by atoms with van der Waals surface area (Å²) in [6, 6.07) is -0.778. The van der Waals surface area contributed by atoms with E-state index in [0.29, 0.717) is 12.2 Å². The second-order valence-corrected chi connectivity index (χ2v) is 4.49. The Labute approximate surface area is 94.1 Å². The fourth-order valence-electron chi connectivity index (χ4n) is 0.950. The van der Waals surface area contributed by atoms with Gasteiger partial charge < -0.3 is 10.4 Å². The Morgan fingerprint density at radius 1 is 1.47 bits per heavy atom. The van der Waals surface area contributed by atoms with Crippen molar-refractivity contribution < 1.29 is 14.7 Å². The fourth-order valence-corrected chi connectivity index (χ4v) is 1.85. The van der Waals surface area contributed by atoms with Gasteiger partial charge in [0.2, 0.25) is 5.91 Å². The van der Waals surface area contributed by atoms with Crippen LogP contribution in [0, 0.1) is 0 Å². The zero-order valence-electron chi connectivity index (χ0n) is 9.08. The van der Waals surface area contributed by atoms with Crippen LogP contribution in [0.3, 0.4) is 0 Å². The van der Waals surface area contributed by atoms with Gasteiger partial charge in [0.05, 0.1) is 0 Å². The van der Waals surface area contributed by atoms with Crippen LogP contribution in [-0.2, 0) is 9.59 Å². The molecular formula is C10H17NO3S. The largest absolute Gasteiger partial charge is 0.480 e. The molecule has 1 unspecified atom stereocenters. The van der Waals surface area contributed by atoms with Gasteiger partial charge in [0.1, 0.15) is 6.04 Å². The lowest BCUT2D eigenvalue weighted by Gasteiger charge is -2.12. The van der Waals surface area contributed by atoms with Crippen LogP contribution in [0.1, 0.15) is 20.3 Å². The average molecular weight is 231 g/mol. The van der Waals surface area contributed by atoms with Crippen molar-refractivity contribution in [3.8, 4) is 0 Å². The Morgan fingerprint density at radius 2 is 2.07 bits per heavy atom. The van der Waals surface area contributed by atoms with Crippen LogP contribution >= 0.6 is 11.8 Å². The zero-order valence-corrected chi connectivity index (χ0v) is 9.89. The lowest BCUT2D eigenvalue weighted by Crippen LogP contribution is -2.39. The highest BCUT2D eigenvalue weighted by Crippen LogP contribution is 2.08. The van der Waals surface area contributed by atoms with Crippen molar-refractivity contribution in [1.29, 1.82) is 0 Å². The van der Waals surface area contributed by atoms with Gasteiger partial charge in [-0.25, -0.2) is 4.79 Å².